The smallest absolute Gasteiger partial charge is 0.0660 e. The van der Waals surface area contributed by atoms with Crippen molar-refractivity contribution in [3.63, 3.8) is 0 Å². The summed E-state index contributed by atoms with van der Waals surface area (Å²) in [6, 6.07) is 0.869. The summed E-state index contributed by atoms with van der Waals surface area (Å²) in [5.74, 6) is 2.72. The van der Waals surface area contributed by atoms with Crippen LogP contribution in [0, 0.1) is 12.3 Å². The quantitative estimate of drug-likeness (QED) is 0.671. The molecule has 1 saturated carbocycles. The van der Waals surface area contributed by atoms with Gasteiger partial charge in [0.1, 0.15) is 0 Å². The molecule has 3 atom stereocenters. The van der Waals surface area contributed by atoms with Crippen molar-refractivity contribution in [2.75, 3.05) is 6.26 Å². The van der Waals surface area contributed by atoms with Gasteiger partial charge >= 0.3 is 0 Å². The molecule has 2 heteroatoms. The molecule has 0 bridgehead atoms. The first kappa shape index (κ1) is 9.95. The third kappa shape index (κ3) is 2.43. The zero-order valence-corrected chi connectivity index (χ0v) is 8.66. The summed E-state index contributed by atoms with van der Waals surface area (Å²) < 4.78 is 0. The van der Waals surface area contributed by atoms with E-state index in [0.717, 1.165) is 5.25 Å². The highest BCUT2D eigenvalue weighted by Crippen LogP contribution is 2.28. The van der Waals surface area contributed by atoms with Gasteiger partial charge in [-0.1, -0.05) is 12.3 Å². The normalized spacial score (nSPS) is 31.4. The number of thioether (sulfide) groups is 1. The van der Waals surface area contributed by atoms with Crippen molar-refractivity contribution in [2.24, 2.45) is 0 Å². The van der Waals surface area contributed by atoms with Gasteiger partial charge in [0.25, 0.3) is 0 Å². The Bertz CT molecular complexity index is 173. The van der Waals surface area contributed by atoms with Gasteiger partial charge in [-0.3, -0.25) is 0 Å². The molecule has 0 aromatic carbocycles. The van der Waals surface area contributed by atoms with Crippen LogP contribution in [0.5, 0.6) is 0 Å². The van der Waals surface area contributed by atoms with E-state index in [4.69, 9.17) is 6.42 Å². The lowest BCUT2D eigenvalue weighted by Crippen LogP contribution is -2.39. The van der Waals surface area contributed by atoms with Crippen molar-refractivity contribution in [1.82, 2.24) is 5.32 Å². The number of hydrogen-bond acceptors (Lipinski definition) is 2. The predicted octanol–water partition coefficient (Wildman–Crippen LogP) is 1.88. The lowest BCUT2D eigenvalue weighted by molar-refractivity contribution is 0.510. The van der Waals surface area contributed by atoms with Gasteiger partial charge in [-0.15, -0.1) is 6.42 Å². The topological polar surface area (TPSA) is 12.0 Å². The summed E-state index contributed by atoms with van der Waals surface area (Å²) in [6.45, 7) is 2.05. The lowest BCUT2D eigenvalue weighted by atomic mass is 10.2. The van der Waals surface area contributed by atoms with E-state index in [-0.39, 0.29) is 6.04 Å². The first-order valence-corrected chi connectivity index (χ1v) is 5.81. The van der Waals surface area contributed by atoms with Crippen molar-refractivity contribution < 1.29 is 0 Å². The molecule has 0 aliphatic heterocycles. The molecular formula is C10H17NS. The van der Waals surface area contributed by atoms with Crippen LogP contribution in [0.15, 0.2) is 0 Å². The van der Waals surface area contributed by atoms with Crippen LogP contribution in [0.3, 0.4) is 0 Å². The predicted molar refractivity (Wildman–Crippen MR) is 56.4 cm³/mol. The molecular weight excluding hydrogens is 166 g/mol. The molecule has 0 aromatic rings. The second-order valence-electron chi connectivity index (χ2n) is 3.37. The third-order valence-corrected chi connectivity index (χ3v) is 3.64. The molecule has 1 N–H and O–H groups in total. The summed E-state index contributed by atoms with van der Waals surface area (Å²) in [7, 11) is 0. The number of rotatable bonds is 3. The van der Waals surface area contributed by atoms with Gasteiger partial charge in [0, 0.05) is 11.3 Å². The van der Waals surface area contributed by atoms with Crippen molar-refractivity contribution in [2.45, 2.75) is 43.5 Å². The maximum Gasteiger partial charge on any atom is 0.0660 e. The Morgan fingerprint density at radius 1 is 1.58 bits per heavy atom. The van der Waals surface area contributed by atoms with Crippen molar-refractivity contribution in [3.8, 4) is 12.3 Å². The van der Waals surface area contributed by atoms with Crippen LogP contribution in [-0.4, -0.2) is 23.6 Å². The second-order valence-corrected chi connectivity index (χ2v) is 4.44. The molecule has 1 aliphatic carbocycles. The molecule has 68 valence electrons. The van der Waals surface area contributed by atoms with E-state index in [1.807, 2.05) is 11.8 Å². The lowest BCUT2D eigenvalue weighted by Gasteiger charge is -2.20. The second kappa shape index (κ2) is 4.79. The molecule has 0 spiro atoms. The van der Waals surface area contributed by atoms with E-state index < -0.39 is 0 Å². The molecule has 0 saturated heterocycles. The van der Waals surface area contributed by atoms with Crippen molar-refractivity contribution in [1.29, 1.82) is 0 Å². The highest BCUT2D eigenvalue weighted by molar-refractivity contribution is 7.99. The Labute approximate surface area is 79.7 Å². The van der Waals surface area contributed by atoms with E-state index in [2.05, 4.69) is 24.4 Å². The largest absolute Gasteiger partial charge is 0.300 e. The number of terminal acetylenes is 1. The van der Waals surface area contributed by atoms with Gasteiger partial charge in [-0.25, -0.2) is 0 Å². The van der Waals surface area contributed by atoms with E-state index in [1.54, 1.807) is 0 Å². The highest BCUT2D eigenvalue weighted by atomic mass is 32.2. The minimum atomic E-state index is 0.225. The summed E-state index contributed by atoms with van der Waals surface area (Å²) >= 11 is 1.96. The minimum absolute atomic E-state index is 0.225. The van der Waals surface area contributed by atoms with Crippen LogP contribution >= 0.6 is 11.8 Å². The first-order chi connectivity index (χ1) is 5.77. The van der Waals surface area contributed by atoms with Gasteiger partial charge in [0.15, 0.2) is 0 Å². The maximum absolute atomic E-state index is 5.32. The molecule has 12 heavy (non-hydrogen) atoms. The van der Waals surface area contributed by atoms with Gasteiger partial charge in [-0.2, -0.15) is 11.8 Å². The fourth-order valence-corrected chi connectivity index (χ4v) is 2.71. The fourth-order valence-electron chi connectivity index (χ4n) is 1.77. The molecule has 0 heterocycles. The summed E-state index contributed by atoms with van der Waals surface area (Å²) in [5.41, 5.74) is 0. The Morgan fingerprint density at radius 3 is 2.92 bits per heavy atom. The zero-order valence-electron chi connectivity index (χ0n) is 7.84. The standard InChI is InChI=1S/C10H17NS/c1-4-8(2)11-9-6-5-7-10(9)12-3/h1,8-11H,5-7H2,2-3H3. The Balaban J connectivity index is 2.36. The van der Waals surface area contributed by atoms with Gasteiger partial charge in [0.05, 0.1) is 6.04 Å². The minimum Gasteiger partial charge on any atom is -0.300 e. The number of hydrogen-bond donors (Lipinski definition) is 1. The van der Waals surface area contributed by atoms with Gasteiger partial charge in [-0.05, 0) is 26.0 Å². The van der Waals surface area contributed by atoms with Crippen LogP contribution < -0.4 is 5.32 Å². The first-order valence-electron chi connectivity index (χ1n) is 4.53. The average Bonchev–Trinajstić information content (AvgIpc) is 2.51. The highest BCUT2D eigenvalue weighted by Gasteiger charge is 2.26. The summed E-state index contributed by atoms with van der Waals surface area (Å²) in [6.07, 6.45) is 11.5. The molecule has 1 rings (SSSR count). The van der Waals surface area contributed by atoms with Crippen LogP contribution in [0.1, 0.15) is 26.2 Å². The van der Waals surface area contributed by atoms with Crippen LogP contribution in [0.4, 0.5) is 0 Å². The summed E-state index contributed by atoms with van der Waals surface area (Å²) in [5, 5.41) is 4.25. The van der Waals surface area contributed by atoms with E-state index >= 15 is 0 Å². The molecule has 1 nitrogen and oxygen atoms in total. The van der Waals surface area contributed by atoms with Gasteiger partial charge in [0.2, 0.25) is 0 Å². The SMILES string of the molecule is C#CC(C)NC1CCCC1SC. The molecule has 0 amide bonds. The monoisotopic (exact) mass is 183 g/mol. The van der Waals surface area contributed by atoms with E-state index in [0.29, 0.717) is 6.04 Å². The van der Waals surface area contributed by atoms with E-state index in [9.17, 15) is 0 Å². The van der Waals surface area contributed by atoms with Crippen molar-refractivity contribution >= 4 is 11.8 Å². The third-order valence-electron chi connectivity index (χ3n) is 2.47. The Kier molecular flexibility index (Phi) is 3.97. The zero-order chi connectivity index (χ0) is 8.97. The maximum atomic E-state index is 5.32. The molecule has 0 radical (unpaired) electrons. The number of nitrogens with one attached hydrogen (secondary N) is 1. The van der Waals surface area contributed by atoms with E-state index in [1.165, 1.54) is 19.3 Å². The van der Waals surface area contributed by atoms with Crippen molar-refractivity contribution in [3.05, 3.63) is 0 Å². The average molecular weight is 183 g/mol. The van der Waals surface area contributed by atoms with Crippen LogP contribution in [0.2, 0.25) is 0 Å². The van der Waals surface area contributed by atoms with Gasteiger partial charge < -0.3 is 5.32 Å². The molecule has 1 fully saturated rings. The molecule has 3 unspecified atom stereocenters. The summed E-state index contributed by atoms with van der Waals surface area (Å²) in [4.78, 5) is 0. The Morgan fingerprint density at radius 2 is 2.33 bits per heavy atom. The van der Waals surface area contributed by atoms with Crippen LogP contribution in [0.25, 0.3) is 0 Å². The fraction of sp³-hybridized carbons (Fsp3) is 0.800. The van der Waals surface area contributed by atoms with Crippen LogP contribution in [-0.2, 0) is 0 Å². The Hall–Kier alpha value is -0.130. The molecule has 1 aliphatic rings. The molecule has 0 aromatic heterocycles.